The fourth-order valence-corrected chi connectivity index (χ4v) is 3.60. The number of hydrogen-bond donors (Lipinski definition) is 0. The minimum atomic E-state index is -0.503. The first-order valence-electron chi connectivity index (χ1n) is 9.13. The van der Waals surface area contributed by atoms with Crippen LogP contribution < -0.4 is 9.47 Å². The lowest BCUT2D eigenvalue weighted by Gasteiger charge is -2.13. The van der Waals surface area contributed by atoms with E-state index in [-0.39, 0.29) is 17.9 Å². The molecule has 3 aromatic rings. The Morgan fingerprint density at radius 2 is 1.94 bits per heavy atom. The average molecular weight is 534 g/mol. The van der Waals surface area contributed by atoms with Crippen molar-refractivity contribution in [1.29, 1.82) is 5.26 Å². The molecule has 0 radical (unpaired) electrons. The lowest BCUT2D eigenvalue weighted by atomic mass is 10.0. The third-order valence-corrected chi connectivity index (χ3v) is 5.88. The van der Waals surface area contributed by atoms with Crippen LogP contribution in [0.3, 0.4) is 0 Å². The lowest BCUT2D eigenvalue weighted by Crippen LogP contribution is -1.99. The fourth-order valence-electron chi connectivity index (χ4n) is 2.85. The van der Waals surface area contributed by atoms with Gasteiger partial charge in [-0.1, -0.05) is 57.3 Å². The van der Waals surface area contributed by atoms with E-state index in [1.54, 1.807) is 36.4 Å². The Balaban J connectivity index is 1.91. The molecule has 0 aliphatic carbocycles. The molecule has 0 saturated heterocycles. The summed E-state index contributed by atoms with van der Waals surface area (Å²) >= 11 is 15.5. The van der Waals surface area contributed by atoms with E-state index in [4.69, 9.17) is 32.7 Å². The molecule has 0 bridgehead atoms. The SMILES string of the molecule is COc1cc(/C=C(/C#N)c2cccc([N+](=O)[O-])c2)c(Br)cc1OCc1ccc(Cl)c(Cl)c1. The second-order valence-electron chi connectivity index (χ2n) is 6.54. The largest absolute Gasteiger partial charge is 0.493 e. The van der Waals surface area contributed by atoms with Crippen LogP contribution in [-0.4, -0.2) is 12.0 Å². The van der Waals surface area contributed by atoms with Crippen LogP contribution in [0.15, 0.2) is 59.1 Å². The van der Waals surface area contributed by atoms with Crippen LogP contribution in [0.1, 0.15) is 16.7 Å². The molecule has 3 aromatic carbocycles. The van der Waals surface area contributed by atoms with Gasteiger partial charge in [-0.2, -0.15) is 5.26 Å². The van der Waals surface area contributed by atoms with Gasteiger partial charge in [0, 0.05) is 16.6 Å². The van der Waals surface area contributed by atoms with Gasteiger partial charge in [-0.3, -0.25) is 10.1 Å². The summed E-state index contributed by atoms with van der Waals surface area (Å²) in [6.45, 7) is 0.242. The molecule has 0 fully saturated rings. The predicted molar refractivity (Wildman–Crippen MR) is 128 cm³/mol. The Kier molecular flexibility index (Phi) is 7.75. The van der Waals surface area contributed by atoms with Crippen molar-refractivity contribution in [3.05, 3.63) is 95.9 Å². The van der Waals surface area contributed by atoms with Crippen molar-refractivity contribution < 1.29 is 14.4 Å². The highest BCUT2D eigenvalue weighted by molar-refractivity contribution is 9.10. The highest BCUT2D eigenvalue weighted by Crippen LogP contribution is 2.36. The van der Waals surface area contributed by atoms with Gasteiger partial charge in [-0.15, -0.1) is 0 Å². The molecule has 3 rings (SSSR count). The van der Waals surface area contributed by atoms with E-state index in [0.717, 1.165) is 5.56 Å². The monoisotopic (exact) mass is 532 g/mol. The van der Waals surface area contributed by atoms with Crippen LogP contribution >= 0.6 is 39.1 Å². The number of non-ortho nitro benzene ring substituents is 1. The van der Waals surface area contributed by atoms with Crippen molar-refractivity contribution in [3.8, 4) is 17.6 Å². The van der Waals surface area contributed by atoms with Gasteiger partial charge in [0.25, 0.3) is 5.69 Å². The normalized spacial score (nSPS) is 11.0. The van der Waals surface area contributed by atoms with Crippen LogP contribution in [0.2, 0.25) is 10.0 Å². The summed E-state index contributed by atoms with van der Waals surface area (Å²) in [7, 11) is 1.51. The number of nitro groups is 1. The van der Waals surface area contributed by atoms with Gasteiger partial charge in [0.1, 0.15) is 6.61 Å². The van der Waals surface area contributed by atoms with Crippen molar-refractivity contribution in [2.75, 3.05) is 7.11 Å². The molecule has 0 saturated carbocycles. The minimum absolute atomic E-state index is 0.0913. The molecular formula is C23H15BrCl2N2O4. The molecule has 32 heavy (non-hydrogen) atoms. The van der Waals surface area contributed by atoms with Crippen molar-refractivity contribution in [1.82, 2.24) is 0 Å². The van der Waals surface area contributed by atoms with Crippen LogP contribution in [0.25, 0.3) is 11.6 Å². The molecule has 0 unspecified atom stereocenters. The van der Waals surface area contributed by atoms with E-state index in [1.807, 2.05) is 6.07 Å². The Morgan fingerprint density at radius 3 is 2.59 bits per heavy atom. The molecule has 0 aromatic heterocycles. The summed E-state index contributed by atoms with van der Waals surface area (Å²) in [4.78, 5) is 10.5. The Bertz CT molecular complexity index is 1260. The van der Waals surface area contributed by atoms with Crippen molar-refractivity contribution in [3.63, 3.8) is 0 Å². The summed E-state index contributed by atoms with van der Waals surface area (Å²) in [5.41, 5.74) is 2.09. The first-order chi connectivity index (χ1) is 15.3. The van der Waals surface area contributed by atoms with Crippen LogP contribution in [0.4, 0.5) is 5.69 Å². The highest BCUT2D eigenvalue weighted by atomic mass is 79.9. The topological polar surface area (TPSA) is 85.4 Å². The van der Waals surface area contributed by atoms with E-state index in [9.17, 15) is 15.4 Å². The molecular weight excluding hydrogens is 519 g/mol. The van der Waals surface area contributed by atoms with Gasteiger partial charge < -0.3 is 9.47 Å². The van der Waals surface area contributed by atoms with Gasteiger partial charge in [0.2, 0.25) is 0 Å². The summed E-state index contributed by atoms with van der Waals surface area (Å²) in [6.07, 6.45) is 1.62. The second kappa shape index (κ2) is 10.5. The lowest BCUT2D eigenvalue weighted by molar-refractivity contribution is -0.384. The number of halogens is 3. The maximum absolute atomic E-state index is 11.0. The van der Waals surface area contributed by atoms with Crippen LogP contribution in [0, 0.1) is 21.4 Å². The summed E-state index contributed by atoms with van der Waals surface area (Å²) in [5.74, 6) is 0.937. The molecule has 6 nitrogen and oxygen atoms in total. The van der Waals surface area contributed by atoms with Crippen molar-refractivity contribution in [2.24, 2.45) is 0 Å². The van der Waals surface area contributed by atoms with Crippen molar-refractivity contribution >= 4 is 56.5 Å². The zero-order valence-electron chi connectivity index (χ0n) is 16.6. The number of ether oxygens (including phenoxy) is 2. The summed E-state index contributed by atoms with van der Waals surface area (Å²) in [5, 5.41) is 21.6. The second-order valence-corrected chi connectivity index (χ2v) is 8.21. The zero-order chi connectivity index (χ0) is 23.3. The highest BCUT2D eigenvalue weighted by Gasteiger charge is 2.13. The standard InChI is InChI=1S/C23H15BrCl2N2O4/c1-31-22-10-16(8-17(12-27)15-3-2-4-18(9-15)28(29)30)19(24)11-23(22)32-13-14-5-6-20(25)21(26)7-14/h2-11H,13H2,1H3/b17-8-. The number of nitro benzene ring substituents is 1. The van der Waals surface area contributed by atoms with Gasteiger partial charge in [-0.05, 0) is 47.0 Å². The maximum atomic E-state index is 11.0. The minimum Gasteiger partial charge on any atom is -0.493 e. The van der Waals surface area contributed by atoms with Gasteiger partial charge >= 0.3 is 0 Å². The number of benzene rings is 3. The molecule has 0 atom stereocenters. The van der Waals surface area contributed by atoms with E-state index in [2.05, 4.69) is 22.0 Å². The van der Waals surface area contributed by atoms with Gasteiger partial charge in [-0.25, -0.2) is 0 Å². The third kappa shape index (κ3) is 5.60. The van der Waals surface area contributed by atoms with Crippen LogP contribution in [-0.2, 0) is 6.61 Å². The van der Waals surface area contributed by atoms with Crippen molar-refractivity contribution in [2.45, 2.75) is 6.61 Å². The average Bonchev–Trinajstić information content (AvgIpc) is 2.79. The molecule has 0 aliphatic rings. The number of methoxy groups -OCH3 is 1. The Morgan fingerprint density at radius 1 is 1.16 bits per heavy atom. The molecule has 0 aliphatic heterocycles. The molecule has 0 heterocycles. The number of allylic oxidation sites excluding steroid dienone is 1. The number of nitrogens with zero attached hydrogens (tertiary/aromatic N) is 2. The molecule has 0 amide bonds. The third-order valence-electron chi connectivity index (χ3n) is 4.45. The van der Waals surface area contributed by atoms with E-state index >= 15 is 0 Å². The fraction of sp³-hybridized carbons (Fsp3) is 0.0870. The Labute approximate surface area is 202 Å². The smallest absolute Gasteiger partial charge is 0.270 e. The first kappa shape index (κ1) is 23.6. The number of nitriles is 1. The number of rotatable bonds is 7. The van der Waals surface area contributed by atoms with Gasteiger partial charge in [0.15, 0.2) is 11.5 Å². The predicted octanol–water partition coefficient (Wildman–Crippen LogP) is 7.32. The zero-order valence-corrected chi connectivity index (χ0v) is 19.7. The van der Waals surface area contributed by atoms with E-state index in [0.29, 0.717) is 37.1 Å². The maximum Gasteiger partial charge on any atom is 0.270 e. The quantitative estimate of drug-likeness (QED) is 0.137. The van der Waals surface area contributed by atoms with E-state index < -0.39 is 4.92 Å². The molecule has 0 N–H and O–H groups in total. The first-order valence-corrected chi connectivity index (χ1v) is 10.7. The number of hydrogen-bond acceptors (Lipinski definition) is 5. The summed E-state index contributed by atoms with van der Waals surface area (Å²) < 4.78 is 12.0. The van der Waals surface area contributed by atoms with E-state index in [1.165, 1.54) is 25.3 Å². The summed E-state index contributed by atoms with van der Waals surface area (Å²) in [6, 6.07) is 16.7. The molecule has 0 spiro atoms. The molecule has 9 heteroatoms. The Hall–Kier alpha value is -3.05. The van der Waals surface area contributed by atoms with Gasteiger partial charge in [0.05, 0.1) is 33.7 Å². The van der Waals surface area contributed by atoms with Crippen LogP contribution in [0.5, 0.6) is 11.5 Å². The molecule has 162 valence electrons.